The Morgan fingerprint density at radius 3 is 2.56 bits per heavy atom. The average molecular weight is 224 g/mol. The molecule has 0 aliphatic rings. The maximum atomic E-state index is 9.18. The van der Waals surface area contributed by atoms with E-state index in [4.69, 9.17) is 5.73 Å². The molecule has 0 saturated carbocycles. The van der Waals surface area contributed by atoms with Gasteiger partial charge in [0.15, 0.2) is 0 Å². The molecule has 1 aromatic heterocycles. The quantitative estimate of drug-likeness (QED) is 0.717. The van der Waals surface area contributed by atoms with Crippen molar-refractivity contribution in [2.75, 3.05) is 17.6 Å². The number of nitrogen functional groups attached to an aromatic ring is 1. The monoisotopic (exact) mass is 224 g/mol. The highest BCUT2D eigenvalue weighted by molar-refractivity contribution is 5.45. The van der Waals surface area contributed by atoms with Crippen LogP contribution in [-0.4, -0.2) is 27.7 Å². The van der Waals surface area contributed by atoms with Gasteiger partial charge in [0.05, 0.1) is 6.10 Å². The second kappa shape index (κ2) is 4.65. The summed E-state index contributed by atoms with van der Waals surface area (Å²) in [5.41, 5.74) is 5.57. The van der Waals surface area contributed by atoms with Crippen LogP contribution in [0.25, 0.3) is 0 Å². The van der Waals surface area contributed by atoms with Crippen LogP contribution in [0.4, 0.5) is 11.6 Å². The number of aromatic nitrogens is 2. The van der Waals surface area contributed by atoms with Crippen molar-refractivity contribution in [3.05, 3.63) is 11.9 Å². The van der Waals surface area contributed by atoms with Gasteiger partial charge in [-0.05, 0) is 6.92 Å². The molecule has 5 heteroatoms. The van der Waals surface area contributed by atoms with E-state index in [0.717, 1.165) is 0 Å². The Bertz CT molecular complexity index is 357. The van der Waals surface area contributed by atoms with Crippen LogP contribution in [0.15, 0.2) is 6.07 Å². The Morgan fingerprint density at radius 1 is 1.44 bits per heavy atom. The second-order valence-electron chi connectivity index (χ2n) is 4.98. The molecule has 0 amide bonds. The number of hydrogen-bond acceptors (Lipinski definition) is 5. The third-order valence-electron chi connectivity index (χ3n) is 2.00. The third kappa shape index (κ3) is 3.66. The van der Waals surface area contributed by atoms with Crippen LogP contribution in [0.3, 0.4) is 0 Å². The van der Waals surface area contributed by atoms with E-state index in [2.05, 4.69) is 15.3 Å². The van der Waals surface area contributed by atoms with Gasteiger partial charge in [-0.3, -0.25) is 0 Å². The molecule has 0 radical (unpaired) electrons. The predicted octanol–water partition coefficient (Wildman–Crippen LogP) is 1.15. The van der Waals surface area contributed by atoms with Gasteiger partial charge in [0.25, 0.3) is 0 Å². The zero-order valence-corrected chi connectivity index (χ0v) is 10.3. The van der Waals surface area contributed by atoms with E-state index in [1.807, 2.05) is 20.8 Å². The summed E-state index contributed by atoms with van der Waals surface area (Å²) in [6.45, 7) is 8.24. The lowest BCUT2D eigenvalue weighted by molar-refractivity contribution is 0.208. The van der Waals surface area contributed by atoms with Crippen molar-refractivity contribution in [2.45, 2.75) is 39.2 Å². The highest BCUT2D eigenvalue weighted by Gasteiger charge is 2.18. The molecular formula is C11H20N4O. The van der Waals surface area contributed by atoms with Gasteiger partial charge in [0, 0.05) is 18.0 Å². The van der Waals surface area contributed by atoms with Gasteiger partial charge < -0.3 is 16.2 Å². The summed E-state index contributed by atoms with van der Waals surface area (Å²) in [5.74, 6) is 1.78. The van der Waals surface area contributed by atoms with Gasteiger partial charge in [-0.2, -0.15) is 0 Å². The van der Waals surface area contributed by atoms with E-state index in [0.29, 0.717) is 24.0 Å². The zero-order chi connectivity index (χ0) is 12.3. The average Bonchev–Trinajstić information content (AvgIpc) is 2.12. The minimum absolute atomic E-state index is 0.142. The van der Waals surface area contributed by atoms with Crippen LogP contribution in [0, 0.1) is 0 Å². The fraction of sp³-hybridized carbons (Fsp3) is 0.636. The molecule has 1 atom stereocenters. The van der Waals surface area contributed by atoms with E-state index in [1.165, 1.54) is 0 Å². The SMILES string of the molecule is CC(O)CNc1cc(N)nc(C(C)(C)C)n1. The van der Waals surface area contributed by atoms with Crippen LogP contribution >= 0.6 is 0 Å². The molecule has 5 nitrogen and oxygen atoms in total. The number of aliphatic hydroxyl groups is 1. The van der Waals surface area contributed by atoms with E-state index in [1.54, 1.807) is 13.0 Å². The number of aliphatic hydroxyl groups excluding tert-OH is 1. The normalized spacial score (nSPS) is 13.6. The van der Waals surface area contributed by atoms with Gasteiger partial charge in [0.1, 0.15) is 17.5 Å². The summed E-state index contributed by atoms with van der Waals surface area (Å²) in [7, 11) is 0. The Hall–Kier alpha value is -1.36. The van der Waals surface area contributed by atoms with Crippen molar-refractivity contribution in [1.82, 2.24) is 9.97 Å². The Kier molecular flexibility index (Phi) is 3.70. The maximum Gasteiger partial charge on any atom is 0.138 e. The van der Waals surface area contributed by atoms with Gasteiger partial charge in [0.2, 0.25) is 0 Å². The lowest BCUT2D eigenvalue weighted by atomic mass is 9.96. The molecule has 1 aromatic rings. The fourth-order valence-electron chi connectivity index (χ4n) is 1.14. The van der Waals surface area contributed by atoms with Gasteiger partial charge in [-0.15, -0.1) is 0 Å². The number of nitrogens with zero attached hydrogens (tertiary/aromatic N) is 2. The van der Waals surface area contributed by atoms with E-state index >= 15 is 0 Å². The number of rotatable bonds is 3. The van der Waals surface area contributed by atoms with Gasteiger partial charge in [-0.1, -0.05) is 20.8 Å². The molecule has 0 saturated heterocycles. The molecule has 16 heavy (non-hydrogen) atoms. The van der Waals surface area contributed by atoms with Crippen LogP contribution < -0.4 is 11.1 Å². The Morgan fingerprint density at radius 2 is 2.06 bits per heavy atom. The summed E-state index contributed by atoms with van der Waals surface area (Å²) in [6, 6.07) is 1.66. The molecule has 0 fully saturated rings. The van der Waals surface area contributed by atoms with Gasteiger partial charge >= 0.3 is 0 Å². The molecule has 0 aliphatic carbocycles. The van der Waals surface area contributed by atoms with E-state index in [9.17, 15) is 5.11 Å². The van der Waals surface area contributed by atoms with E-state index in [-0.39, 0.29) is 5.41 Å². The van der Waals surface area contributed by atoms with Crippen LogP contribution in [0.2, 0.25) is 0 Å². The number of nitrogens with two attached hydrogens (primary N) is 1. The first-order chi connectivity index (χ1) is 7.29. The predicted molar refractivity (Wildman–Crippen MR) is 65.3 cm³/mol. The molecule has 1 unspecified atom stereocenters. The molecule has 0 aromatic carbocycles. The van der Waals surface area contributed by atoms with Crippen molar-refractivity contribution < 1.29 is 5.11 Å². The molecule has 4 N–H and O–H groups in total. The Balaban J connectivity index is 2.90. The second-order valence-corrected chi connectivity index (χ2v) is 4.98. The van der Waals surface area contributed by atoms with Crippen molar-refractivity contribution in [1.29, 1.82) is 0 Å². The molecule has 90 valence electrons. The minimum atomic E-state index is -0.422. The molecule has 0 spiro atoms. The van der Waals surface area contributed by atoms with E-state index < -0.39 is 6.10 Å². The van der Waals surface area contributed by atoms with Crippen LogP contribution in [0.1, 0.15) is 33.5 Å². The zero-order valence-electron chi connectivity index (χ0n) is 10.3. The van der Waals surface area contributed by atoms with Gasteiger partial charge in [-0.25, -0.2) is 9.97 Å². The summed E-state index contributed by atoms with van der Waals surface area (Å²) in [4.78, 5) is 8.56. The first-order valence-electron chi connectivity index (χ1n) is 5.36. The number of hydrogen-bond donors (Lipinski definition) is 3. The Labute approximate surface area is 96.1 Å². The lowest BCUT2D eigenvalue weighted by Crippen LogP contribution is -2.20. The molecule has 0 bridgehead atoms. The van der Waals surface area contributed by atoms with Crippen LogP contribution in [-0.2, 0) is 5.41 Å². The number of nitrogens with one attached hydrogen (secondary N) is 1. The molecule has 0 aliphatic heterocycles. The molecular weight excluding hydrogens is 204 g/mol. The molecule has 1 rings (SSSR count). The highest BCUT2D eigenvalue weighted by atomic mass is 16.3. The largest absolute Gasteiger partial charge is 0.392 e. The van der Waals surface area contributed by atoms with Crippen LogP contribution in [0.5, 0.6) is 0 Å². The summed E-state index contributed by atoms with van der Waals surface area (Å²) >= 11 is 0. The first-order valence-corrected chi connectivity index (χ1v) is 5.36. The molecule has 1 heterocycles. The van der Waals surface area contributed by atoms with Crippen molar-refractivity contribution in [3.63, 3.8) is 0 Å². The van der Waals surface area contributed by atoms with Crippen molar-refractivity contribution in [3.8, 4) is 0 Å². The summed E-state index contributed by atoms with van der Waals surface area (Å²) in [5, 5.41) is 12.2. The van der Waals surface area contributed by atoms with Crippen molar-refractivity contribution in [2.24, 2.45) is 0 Å². The summed E-state index contributed by atoms with van der Waals surface area (Å²) in [6.07, 6.45) is -0.422. The third-order valence-corrected chi connectivity index (χ3v) is 2.00. The first kappa shape index (κ1) is 12.7. The lowest BCUT2D eigenvalue weighted by Gasteiger charge is -2.18. The topological polar surface area (TPSA) is 84.1 Å². The highest BCUT2D eigenvalue weighted by Crippen LogP contribution is 2.21. The van der Waals surface area contributed by atoms with Crippen molar-refractivity contribution >= 4 is 11.6 Å². The smallest absolute Gasteiger partial charge is 0.138 e. The summed E-state index contributed by atoms with van der Waals surface area (Å²) < 4.78 is 0. The fourth-order valence-corrected chi connectivity index (χ4v) is 1.14. The maximum absolute atomic E-state index is 9.18. The number of anilines is 2. The minimum Gasteiger partial charge on any atom is -0.392 e. The standard InChI is InChI=1S/C11H20N4O/c1-7(16)6-13-9-5-8(12)14-10(15-9)11(2,3)4/h5,7,16H,6H2,1-4H3,(H3,12,13,14,15).